The van der Waals surface area contributed by atoms with Crippen molar-refractivity contribution in [3.05, 3.63) is 0 Å². The number of nitrogens with zero attached hydrogens (tertiary/aromatic N) is 2. The Morgan fingerprint density at radius 1 is 1.56 bits per heavy atom. The van der Waals surface area contributed by atoms with Crippen LogP contribution in [0.5, 0.6) is 0 Å². The van der Waals surface area contributed by atoms with Crippen molar-refractivity contribution < 1.29 is 4.65 Å². The molecule has 0 unspecified atom stereocenters. The monoisotopic (exact) mass is 144 g/mol. The fraction of sp³-hybridized carbons (Fsp3) is 0.750. The average Bonchev–Trinajstić information content (AvgIpc) is 1.98. The van der Waals surface area contributed by atoms with Crippen molar-refractivity contribution in [1.82, 2.24) is 9.93 Å². The molecule has 3 nitrogen and oxygen atoms in total. The van der Waals surface area contributed by atoms with E-state index in [1.54, 1.807) is 5.01 Å². The van der Waals surface area contributed by atoms with Crippen molar-refractivity contribution in [2.24, 2.45) is 0 Å². The van der Waals surface area contributed by atoms with E-state index in [2.05, 4.69) is 0 Å². The predicted octanol–water partition coefficient (Wildman–Crippen LogP) is 0.198. The maximum atomic E-state index is 5.17. The van der Waals surface area contributed by atoms with Crippen molar-refractivity contribution in [1.29, 1.82) is 0 Å². The first-order valence-corrected chi connectivity index (χ1v) is 3.21. The van der Waals surface area contributed by atoms with Gasteiger partial charge in [-0.15, -0.1) is 0 Å². The molecular weight excluding hydrogens is 135 g/mol. The molecule has 0 N–H and O–H groups in total. The zero-order valence-corrected chi connectivity index (χ0v) is 6.60. The molecule has 0 aliphatic carbocycles. The van der Waals surface area contributed by atoms with E-state index >= 15 is 0 Å². The Balaban J connectivity index is 2.65. The minimum Gasteiger partial charge on any atom is -0.523 e. The lowest BCUT2D eigenvalue weighted by atomic mass is 9.88. The van der Waals surface area contributed by atoms with Gasteiger partial charge < -0.3 is 4.65 Å². The average molecular weight is 144 g/mol. The molecule has 1 heterocycles. The zero-order valence-electron chi connectivity index (χ0n) is 5.79. The van der Waals surface area contributed by atoms with Gasteiger partial charge in [-0.05, 0) is 26.1 Å². The van der Waals surface area contributed by atoms with Gasteiger partial charge in [-0.25, -0.2) is 4.92 Å². The largest absolute Gasteiger partial charge is 0.523 e. The standard InChI is InChI=1S/C4H9BN2OS/c1-5-7(3)6(2)4(9)8-5/h1-3H3. The summed E-state index contributed by atoms with van der Waals surface area (Å²) in [6.45, 7) is 1.95. The first-order chi connectivity index (χ1) is 4.13. The van der Waals surface area contributed by atoms with Gasteiger partial charge in [0.2, 0.25) is 0 Å². The second-order valence-corrected chi connectivity index (χ2v) is 2.43. The molecule has 0 aromatic heterocycles. The lowest BCUT2D eigenvalue weighted by Crippen LogP contribution is -2.37. The van der Waals surface area contributed by atoms with Gasteiger partial charge in [-0.3, -0.25) is 5.01 Å². The Morgan fingerprint density at radius 3 is 2.22 bits per heavy atom. The van der Waals surface area contributed by atoms with Crippen LogP contribution < -0.4 is 0 Å². The van der Waals surface area contributed by atoms with Gasteiger partial charge in [0.15, 0.2) is 0 Å². The highest BCUT2D eigenvalue weighted by Gasteiger charge is 2.32. The van der Waals surface area contributed by atoms with Gasteiger partial charge in [0.05, 0.1) is 0 Å². The predicted molar refractivity (Wildman–Crippen MR) is 40.8 cm³/mol. The molecule has 5 heteroatoms. The van der Waals surface area contributed by atoms with Crippen LogP contribution in [0.2, 0.25) is 6.82 Å². The maximum Gasteiger partial charge on any atom is 0.466 e. The van der Waals surface area contributed by atoms with Gasteiger partial charge in [0.25, 0.3) is 5.17 Å². The lowest BCUT2D eigenvalue weighted by Gasteiger charge is -2.17. The molecule has 1 aliphatic rings. The molecule has 50 valence electrons. The fourth-order valence-corrected chi connectivity index (χ4v) is 0.939. The second-order valence-electron chi connectivity index (χ2n) is 2.08. The van der Waals surface area contributed by atoms with E-state index in [-0.39, 0.29) is 7.05 Å². The number of rotatable bonds is 0. The Hall–Kier alpha value is -0.285. The first kappa shape index (κ1) is 6.83. The molecule has 1 fully saturated rings. The van der Waals surface area contributed by atoms with E-state index in [0.717, 1.165) is 0 Å². The quantitative estimate of drug-likeness (QED) is 0.356. The summed E-state index contributed by atoms with van der Waals surface area (Å²) in [5.41, 5.74) is 0. The molecule has 0 saturated carbocycles. The minimum atomic E-state index is 0.0856. The minimum absolute atomic E-state index is 0.0856. The van der Waals surface area contributed by atoms with Crippen LogP contribution in [-0.4, -0.2) is 36.2 Å². The van der Waals surface area contributed by atoms with E-state index in [1.165, 1.54) is 0 Å². The van der Waals surface area contributed by atoms with Crippen molar-refractivity contribution in [3.63, 3.8) is 0 Å². The number of hydrogen-bond donors (Lipinski definition) is 0. The summed E-state index contributed by atoms with van der Waals surface area (Å²) < 4.78 is 5.17. The molecule has 1 aliphatic heterocycles. The van der Waals surface area contributed by atoms with E-state index < -0.39 is 0 Å². The zero-order chi connectivity index (χ0) is 7.02. The molecule has 9 heavy (non-hydrogen) atoms. The highest BCUT2D eigenvalue weighted by molar-refractivity contribution is 7.80. The van der Waals surface area contributed by atoms with Crippen LogP contribution >= 0.6 is 12.2 Å². The highest BCUT2D eigenvalue weighted by atomic mass is 32.1. The van der Waals surface area contributed by atoms with E-state index in [1.807, 2.05) is 25.8 Å². The van der Waals surface area contributed by atoms with E-state index in [4.69, 9.17) is 16.9 Å². The fourth-order valence-electron chi connectivity index (χ4n) is 0.671. The molecule has 0 radical (unpaired) electrons. The van der Waals surface area contributed by atoms with E-state index in [9.17, 15) is 0 Å². The molecule has 0 atom stereocenters. The summed E-state index contributed by atoms with van der Waals surface area (Å²) >= 11 is 4.86. The SMILES string of the molecule is CB1OC(=S)N(C)N1C. The van der Waals surface area contributed by atoms with Gasteiger partial charge in [0.1, 0.15) is 0 Å². The van der Waals surface area contributed by atoms with Crippen molar-refractivity contribution in [3.8, 4) is 0 Å². The Kier molecular flexibility index (Phi) is 1.63. The first-order valence-electron chi connectivity index (χ1n) is 2.80. The highest BCUT2D eigenvalue weighted by Crippen LogP contribution is 2.09. The van der Waals surface area contributed by atoms with Crippen LogP contribution in [0.1, 0.15) is 0 Å². The van der Waals surface area contributed by atoms with E-state index in [0.29, 0.717) is 5.17 Å². The van der Waals surface area contributed by atoms with Crippen LogP contribution in [0.15, 0.2) is 0 Å². The topological polar surface area (TPSA) is 15.7 Å². The van der Waals surface area contributed by atoms with Crippen molar-refractivity contribution >= 4 is 24.4 Å². The smallest absolute Gasteiger partial charge is 0.466 e. The molecule has 1 saturated heterocycles. The summed E-state index contributed by atoms with van der Waals surface area (Å²) in [5, 5.41) is 2.35. The summed E-state index contributed by atoms with van der Waals surface area (Å²) in [7, 11) is 3.90. The molecule has 1 rings (SSSR count). The van der Waals surface area contributed by atoms with Crippen LogP contribution in [0, 0.1) is 0 Å². The Labute approximate surface area is 60.7 Å². The maximum absolute atomic E-state index is 5.17. The number of thiocarbonyl (C=S) groups is 1. The molecule has 0 spiro atoms. The van der Waals surface area contributed by atoms with Crippen molar-refractivity contribution in [2.45, 2.75) is 6.82 Å². The molecule has 0 aromatic carbocycles. The van der Waals surface area contributed by atoms with Gasteiger partial charge >= 0.3 is 7.05 Å². The van der Waals surface area contributed by atoms with Crippen LogP contribution in [0.25, 0.3) is 0 Å². The summed E-state index contributed by atoms with van der Waals surface area (Å²) in [5.74, 6) is 0. The number of hydrazine groups is 1. The third kappa shape index (κ3) is 1.02. The molecule has 0 bridgehead atoms. The molecular formula is C4H9BN2OS. The Morgan fingerprint density at radius 2 is 2.11 bits per heavy atom. The van der Waals surface area contributed by atoms with Gasteiger partial charge in [0, 0.05) is 7.05 Å². The third-order valence-electron chi connectivity index (χ3n) is 1.54. The summed E-state index contributed by atoms with van der Waals surface area (Å²) in [6, 6.07) is 0. The molecule has 0 aromatic rings. The third-order valence-corrected chi connectivity index (χ3v) is 1.90. The van der Waals surface area contributed by atoms with Crippen LogP contribution in [0.3, 0.4) is 0 Å². The molecule has 0 amide bonds. The van der Waals surface area contributed by atoms with Gasteiger partial charge in [-0.1, -0.05) is 0 Å². The Bertz CT molecular complexity index is 143. The van der Waals surface area contributed by atoms with Crippen molar-refractivity contribution in [2.75, 3.05) is 14.1 Å². The van der Waals surface area contributed by atoms with Crippen LogP contribution in [-0.2, 0) is 4.65 Å². The second kappa shape index (κ2) is 2.15. The number of hydrogen-bond acceptors (Lipinski definition) is 3. The summed E-state index contributed by atoms with van der Waals surface area (Å²) in [6.07, 6.45) is 0. The normalized spacial score (nSPS) is 21.0. The lowest BCUT2D eigenvalue weighted by molar-refractivity contribution is 0.238. The summed E-state index contributed by atoms with van der Waals surface area (Å²) in [4.78, 5) is 1.93. The van der Waals surface area contributed by atoms with Crippen LogP contribution in [0.4, 0.5) is 0 Å². The van der Waals surface area contributed by atoms with Gasteiger partial charge in [-0.2, -0.15) is 0 Å².